The van der Waals surface area contributed by atoms with E-state index in [2.05, 4.69) is 15.4 Å². The molecule has 1 saturated carbocycles. The summed E-state index contributed by atoms with van der Waals surface area (Å²) in [7, 11) is 0. The molecule has 25 heavy (non-hydrogen) atoms. The van der Waals surface area contributed by atoms with Crippen LogP contribution < -0.4 is 5.56 Å². The van der Waals surface area contributed by atoms with Crippen molar-refractivity contribution in [3.63, 3.8) is 0 Å². The second-order valence-electron chi connectivity index (χ2n) is 6.47. The zero-order chi connectivity index (χ0) is 17.1. The van der Waals surface area contributed by atoms with Crippen molar-refractivity contribution < 1.29 is 13.5 Å². The molecule has 1 aliphatic heterocycles. The number of rotatable bonds is 3. The van der Waals surface area contributed by atoms with Crippen molar-refractivity contribution in [2.75, 3.05) is 13.2 Å². The van der Waals surface area contributed by atoms with Crippen LogP contribution in [-0.4, -0.2) is 38.0 Å². The molecule has 128 valence electrons. The van der Waals surface area contributed by atoms with Gasteiger partial charge in [0, 0.05) is 17.4 Å². The molecule has 1 aliphatic carbocycles. The molecule has 0 spiro atoms. The molecule has 3 aromatic rings. The van der Waals surface area contributed by atoms with Gasteiger partial charge < -0.3 is 4.74 Å². The third-order valence-electron chi connectivity index (χ3n) is 4.96. The van der Waals surface area contributed by atoms with Crippen LogP contribution in [0.4, 0.5) is 8.78 Å². The maximum atomic E-state index is 13.8. The van der Waals surface area contributed by atoms with E-state index in [9.17, 15) is 13.6 Å². The first-order valence-corrected chi connectivity index (χ1v) is 7.97. The summed E-state index contributed by atoms with van der Waals surface area (Å²) < 4.78 is 35.2. The van der Waals surface area contributed by atoms with Gasteiger partial charge in [0.05, 0.1) is 32.0 Å². The van der Waals surface area contributed by atoms with Crippen LogP contribution in [-0.2, 0) is 11.3 Å². The number of halogens is 2. The standard InChI is InChI=1S/C16H13F2N5O2/c17-11-3-1-2-8(13(11)18)4-22-5-12-14(20-22)16(24)23(21-19-12)15-9-6-25-7-10(9)15/h1-3,5,9-10,15H,4,6-7H2/t9-,10+,15-. The monoisotopic (exact) mass is 345 g/mol. The largest absolute Gasteiger partial charge is 0.381 e. The van der Waals surface area contributed by atoms with Crippen molar-refractivity contribution >= 4 is 11.0 Å². The number of nitrogens with zero attached hydrogens (tertiary/aromatic N) is 5. The van der Waals surface area contributed by atoms with Gasteiger partial charge in [-0.05, 0) is 6.07 Å². The van der Waals surface area contributed by atoms with Crippen LogP contribution in [0.5, 0.6) is 0 Å². The van der Waals surface area contributed by atoms with Crippen LogP contribution in [0.25, 0.3) is 11.0 Å². The highest BCUT2D eigenvalue weighted by Crippen LogP contribution is 2.53. The average Bonchev–Trinajstić information content (AvgIpc) is 2.97. The summed E-state index contributed by atoms with van der Waals surface area (Å²) in [5.74, 6) is -1.21. The van der Waals surface area contributed by atoms with E-state index >= 15 is 0 Å². The van der Waals surface area contributed by atoms with Crippen molar-refractivity contribution in [3.8, 4) is 0 Å². The van der Waals surface area contributed by atoms with Gasteiger partial charge >= 0.3 is 0 Å². The molecule has 5 rings (SSSR count). The third-order valence-corrected chi connectivity index (χ3v) is 4.96. The highest BCUT2D eigenvalue weighted by atomic mass is 19.2. The Morgan fingerprint density at radius 3 is 2.84 bits per heavy atom. The van der Waals surface area contributed by atoms with Crippen LogP contribution in [0.1, 0.15) is 11.6 Å². The quantitative estimate of drug-likeness (QED) is 0.711. The lowest BCUT2D eigenvalue weighted by molar-refractivity contribution is 0.149. The van der Waals surface area contributed by atoms with Crippen molar-refractivity contribution in [3.05, 3.63) is 51.9 Å². The van der Waals surface area contributed by atoms with Crippen molar-refractivity contribution in [1.29, 1.82) is 0 Å². The molecule has 7 nitrogen and oxygen atoms in total. The number of ether oxygens (including phenoxy) is 1. The molecular weight excluding hydrogens is 332 g/mol. The SMILES string of the molecule is O=c1c2nn(Cc3cccc(F)c3F)cc2nnn1[C@@H]1[C@@H]2COC[C@@H]21. The first kappa shape index (κ1) is 14.6. The Bertz CT molecular complexity index is 1040. The van der Waals surface area contributed by atoms with E-state index in [1.807, 2.05) is 0 Å². The summed E-state index contributed by atoms with van der Waals surface area (Å²) in [6.45, 7) is 1.27. The van der Waals surface area contributed by atoms with E-state index in [1.54, 1.807) is 0 Å². The molecule has 3 heterocycles. The molecule has 1 aromatic carbocycles. The zero-order valence-electron chi connectivity index (χ0n) is 13.0. The number of fused-ring (bicyclic) bond motifs is 2. The van der Waals surface area contributed by atoms with Gasteiger partial charge in [-0.25, -0.2) is 13.5 Å². The predicted molar refractivity (Wildman–Crippen MR) is 81.9 cm³/mol. The summed E-state index contributed by atoms with van der Waals surface area (Å²) in [5, 5.41) is 12.3. The maximum Gasteiger partial charge on any atom is 0.298 e. The minimum absolute atomic E-state index is 0.00190. The lowest BCUT2D eigenvalue weighted by atomic mass is 10.2. The predicted octanol–water partition coefficient (Wildman–Crippen LogP) is 1.13. The highest BCUT2D eigenvalue weighted by Gasteiger charge is 2.56. The summed E-state index contributed by atoms with van der Waals surface area (Å²) in [5.41, 5.74) is 0.343. The summed E-state index contributed by atoms with van der Waals surface area (Å²) in [4.78, 5) is 12.6. The third kappa shape index (κ3) is 2.19. The molecule has 9 heteroatoms. The van der Waals surface area contributed by atoms with E-state index in [-0.39, 0.29) is 29.2 Å². The Hall–Kier alpha value is -2.68. The molecule has 0 unspecified atom stereocenters. The number of benzene rings is 1. The van der Waals surface area contributed by atoms with Crippen LogP contribution in [0, 0.1) is 23.5 Å². The second kappa shape index (κ2) is 5.16. The van der Waals surface area contributed by atoms with Gasteiger partial charge in [-0.1, -0.05) is 17.3 Å². The van der Waals surface area contributed by atoms with Gasteiger partial charge in [0.2, 0.25) is 0 Å². The fraction of sp³-hybridized carbons (Fsp3) is 0.375. The summed E-state index contributed by atoms with van der Waals surface area (Å²) in [6.07, 6.45) is 1.51. The Morgan fingerprint density at radius 2 is 2.04 bits per heavy atom. The Labute approximate surface area is 139 Å². The Morgan fingerprint density at radius 1 is 1.24 bits per heavy atom. The van der Waals surface area contributed by atoms with Crippen LogP contribution in [0.2, 0.25) is 0 Å². The minimum atomic E-state index is -0.920. The minimum Gasteiger partial charge on any atom is -0.381 e. The number of aromatic nitrogens is 5. The maximum absolute atomic E-state index is 13.8. The molecule has 2 aliphatic rings. The van der Waals surface area contributed by atoms with Gasteiger partial charge in [0.25, 0.3) is 5.56 Å². The van der Waals surface area contributed by atoms with Crippen LogP contribution >= 0.6 is 0 Å². The van der Waals surface area contributed by atoms with Crippen LogP contribution in [0.3, 0.4) is 0 Å². The van der Waals surface area contributed by atoms with Crippen molar-refractivity contribution in [2.24, 2.45) is 11.8 Å². The zero-order valence-corrected chi connectivity index (χ0v) is 13.0. The van der Waals surface area contributed by atoms with Crippen molar-refractivity contribution in [1.82, 2.24) is 24.8 Å². The highest BCUT2D eigenvalue weighted by molar-refractivity contribution is 5.71. The molecule has 2 fully saturated rings. The van der Waals surface area contributed by atoms with Gasteiger partial charge in [0.1, 0.15) is 5.52 Å². The van der Waals surface area contributed by atoms with Gasteiger partial charge in [-0.2, -0.15) is 5.10 Å². The van der Waals surface area contributed by atoms with E-state index in [0.29, 0.717) is 30.6 Å². The topological polar surface area (TPSA) is 74.8 Å². The Kier molecular flexibility index (Phi) is 3.02. The molecule has 3 atom stereocenters. The lowest BCUT2D eigenvalue weighted by Gasteiger charge is -2.05. The summed E-state index contributed by atoms with van der Waals surface area (Å²) >= 11 is 0. The molecule has 0 bridgehead atoms. The molecular formula is C16H13F2N5O2. The smallest absolute Gasteiger partial charge is 0.298 e. The van der Waals surface area contributed by atoms with Gasteiger partial charge in [-0.3, -0.25) is 9.48 Å². The summed E-state index contributed by atoms with van der Waals surface area (Å²) in [6, 6.07) is 3.97. The van der Waals surface area contributed by atoms with Crippen LogP contribution in [0.15, 0.2) is 29.2 Å². The second-order valence-corrected chi connectivity index (χ2v) is 6.47. The lowest BCUT2D eigenvalue weighted by Crippen LogP contribution is -2.26. The van der Waals surface area contributed by atoms with E-state index in [4.69, 9.17) is 4.74 Å². The first-order valence-electron chi connectivity index (χ1n) is 7.97. The van der Waals surface area contributed by atoms with E-state index in [1.165, 1.54) is 27.7 Å². The number of hydrogen-bond acceptors (Lipinski definition) is 5. The number of hydrogen-bond donors (Lipinski definition) is 0. The molecule has 0 radical (unpaired) electrons. The molecule has 0 amide bonds. The Balaban J connectivity index is 1.51. The normalized spacial score (nSPS) is 24.6. The molecule has 0 N–H and O–H groups in total. The molecule has 1 saturated heterocycles. The fourth-order valence-electron chi connectivity index (χ4n) is 3.58. The van der Waals surface area contributed by atoms with E-state index in [0.717, 1.165) is 6.07 Å². The fourth-order valence-corrected chi connectivity index (χ4v) is 3.58. The first-order chi connectivity index (χ1) is 12.1. The van der Waals surface area contributed by atoms with Gasteiger partial charge in [-0.15, -0.1) is 5.10 Å². The molecule has 2 aromatic heterocycles. The van der Waals surface area contributed by atoms with Gasteiger partial charge in [0.15, 0.2) is 17.2 Å². The average molecular weight is 345 g/mol. The van der Waals surface area contributed by atoms with E-state index < -0.39 is 11.6 Å². The van der Waals surface area contributed by atoms with Crippen molar-refractivity contribution in [2.45, 2.75) is 12.6 Å².